The van der Waals surface area contributed by atoms with Crippen LogP contribution in [0.3, 0.4) is 0 Å². The van der Waals surface area contributed by atoms with Crippen LogP contribution in [0.4, 0.5) is 0 Å². The molecule has 3 heteroatoms. The van der Waals surface area contributed by atoms with E-state index in [-0.39, 0.29) is 0 Å². The van der Waals surface area contributed by atoms with Gasteiger partial charge in [0, 0.05) is 19.6 Å². The smallest absolute Gasteiger partial charge is 0.231 e. The lowest BCUT2D eigenvalue weighted by Gasteiger charge is -2.18. The standard InChI is InChI=1S/C14H17NO2/c1-3-7-15(8-4-2)10-12-5-6-13-14(9-12)17-11-16-13/h3-6,9H,1-2,7-8,10-11H2. The Bertz CT molecular complexity index is 405. The van der Waals surface area contributed by atoms with Gasteiger partial charge in [0.15, 0.2) is 11.5 Å². The van der Waals surface area contributed by atoms with Crippen molar-refractivity contribution in [3.8, 4) is 11.5 Å². The third-order valence-corrected chi connectivity index (χ3v) is 2.62. The van der Waals surface area contributed by atoms with E-state index in [0.29, 0.717) is 6.79 Å². The molecule has 1 aliphatic heterocycles. The van der Waals surface area contributed by atoms with Gasteiger partial charge in [-0.25, -0.2) is 0 Å². The van der Waals surface area contributed by atoms with Crippen molar-refractivity contribution < 1.29 is 9.47 Å². The van der Waals surface area contributed by atoms with Crippen molar-refractivity contribution in [1.29, 1.82) is 0 Å². The number of nitrogens with zero attached hydrogens (tertiary/aromatic N) is 1. The highest BCUT2D eigenvalue weighted by atomic mass is 16.7. The normalized spacial score (nSPS) is 12.8. The van der Waals surface area contributed by atoms with Gasteiger partial charge < -0.3 is 9.47 Å². The molecule has 0 saturated heterocycles. The second kappa shape index (κ2) is 5.55. The Morgan fingerprint density at radius 3 is 2.53 bits per heavy atom. The summed E-state index contributed by atoms with van der Waals surface area (Å²) in [6.07, 6.45) is 3.80. The fourth-order valence-electron chi connectivity index (χ4n) is 1.87. The van der Waals surface area contributed by atoms with Crippen LogP contribution in [0.2, 0.25) is 0 Å². The topological polar surface area (TPSA) is 21.7 Å². The molecule has 0 bridgehead atoms. The summed E-state index contributed by atoms with van der Waals surface area (Å²) in [5, 5.41) is 0. The average Bonchev–Trinajstić information content (AvgIpc) is 2.77. The van der Waals surface area contributed by atoms with E-state index in [1.54, 1.807) is 0 Å². The van der Waals surface area contributed by atoms with Gasteiger partial charge in [-0.3, -0.25) is 4.90 Å². The fourth-order valence-corrected chi connectivity index (χ4v) is 1.87. The van der Waals surface area contributed by atoms with Gasteiger partial charge in [-0.05, 0) is 17.7 Å². The zero-order valence-corrected chi connectivity index (χ0v) is 9.89. The molecule has 90 valence electrons. The summed E-state index contributed by atoms with van der Waals surface area (Å²) < 4.78 is 10.6. The Morgan fingerprint density at radius 2 is 1.82 bits per heavy atom. The van der Waals surface area contributed by atoms with Crippen molar-refractivity contribution in [3.05, 3.63) is 49.1 Å². The number of benzene rings is 1. The summed E-state index contributed by atoms with van der Waals surface area (Å²) in [5.74, 6) is 1.66. The molecule has 0 aromatic heterocycles. The minimum Gasteiger partial charge on any atom is -0.454 e. The molecule has 0 fully saturated rings. The Balaban J connectivity index is 2.06. The Morgan fingerprint density at radius 1 is 1.12 bits per heavy atom. The average molecular weight is 231 g/mol. The number of ether oxygens (including phenoxy) is 2. The molecule has 1 aliphatic rings. The van der Waals surface area contributed by atoms with Crippen LogP contribution in [0.5, 0.6) is 11.5 Å². The molecule has 0 amide bonds. The van der Waals surface area contributed by atoms with E-state index < -0.39 is 0 Å². The summed E-state index contributed by atoms with van der Waals surface area (Å²) in [7, 11) is 0. The minimum absolute atomic E-state index is 0.321. The molecule has 3 nitrogen and oxygen atoms in total. The van der Waals surface area contributed by atoms with Crippen LogP contribution >= 0.6 is 0 Å². The van der Waals surface area contributed by atoms with Crippen molar-refractivity contribution in [1.82, 2.24) is 4.90 Å². The first-order valence-electron chi connectivity index (χ1n) is 5.66. The van der Waals surface area contributed by atoms with Crippen LogP contribution in [0, 0.1) is 0 Å². The molecule has 2 rings (SSSR count). The molecule has 1 heterocycles. The lowest BCUT2D eigenvalue weighted by atomic mass is 10.2. The first-order chi connectivity index (χ1) is 8.33. The molecule has 17 heavy (non-hydrogen) atoms. The first kappa shape index (κ1) is 11.7. The summed E-state index contributed by atoms with van der Waals surface area (Å²) in [6, 6.07) is 6.05. The monoisotopic (exact) mass is 231 g/mol. The van der Waals surface area contributed by atoms with Gasteiger partial charge in [0.25, 0.3) is 0 Å². The molecule has 1 aromatic rings. The first-order valence-corrected chi connectivity index (χ1v) is 5.66. The lowest BCUT2D eigenvalue weighted by Crippen LogP contribution is -2.23. The maximum atomic E-state index is 5.36. The molecule has 0 unspecified atom stereocenters. The van der Waals surface area contributed by atoms with Gasteiger partial charge in [-0.1, -0.05) is 18.2 Å². The molecule has 1 aromatic carbocycles. The van der Waals surface area contributed by atoms with Crippen molar-refractivity contribution in [2.45, 2.75) is 6.54 Å². The number of fused-ring (bicyclic) bond motifs is 1. The zero-order chi connectivity index (χ0) is 12.1. The number of hydrogen-bond donors (Lipinski definition) is 0. The number of rotatable bonds is 6. The summed E-state index contributed by atoms with van der Waals surface area (Å²) in [6.45, 7) is 10.4. The second-order valence-corrected chi connectivity index (χ2v) is 3.96. The Kier molecular flexibility index (Phi) is 3.83. The molecule has 0 aliphatic carbocycles. The highest BCUT2D eigenvalue weighted by Crippen LogP contribution is 2.32. The third kappa shape index (κ3) is 2.88. The van der Waals surface area contributed by atoms with Gasteiger partial charge in [0.05, 0.1) is 0 Å². The van der Waals surface area contributed by atoms with E-state index in [1.807, 2.05) is 24.3 Å². The van der Waals surface area contributed by atoms with Crippen LogP contribution < -0.4 is 9.47 Å². The van der Waals surface area contributed by atoms with E-state index in [2.05, 4.69) is 24.1 Å². The third-order valence-electron chi connectivity index (χ3n) is 2.62. The predicted octanol–water partition coefficient (Wildman–Crippen LogP) is 2.59. The highest BCUT2D eigenvalue weighted by Gasteiger charge is 2.13. The van der Waals surface area contributed by atoms with Crippen molar-refractivity contribution in [3.63, 3.8) is 0 Å². The van der Waals surface area contributed by atoms with E-state index in [4.69, 9.17) is 9.47 Å². The lowest BCUT2D eigenvalue weighted by molar-refractivity contribution is 0.174. The fraction of sp³-hybridized carbons (Fsp3) is 0.286. The van der Waals surface area contributed by atoms with E-state index in [1.165, 1.54) is 5.56 Å². The number of hydrogen-bond acceptors (Lipinski definition) is 3. The van der Waals surface area contributed by atoms with E-state index in [9.17, 15) is 0 Å². The van der Waals surface area contributed by atoms with Gasteiger partial charge in [-0.15, -0.1) is 13.2 Å². The van der Waals surface area contributed by atoms with Crippen LogP contribution in [-0.2, 0) is 6.54 Å². The SMILES string of the molecule is C=CCN(CC=C)Cc1ccc2c(c1)OCO2. The molecule has 0 spiro atoms. The molecule has 0 radical (unpaired) electrons. The van der Waals surface area contributed by atoms with Crippen LogP contribution in [-0.4, -0.2) is 24.8 Å². The maximum Gasteiger partial charge on any atom is 0.231 e. The minimum atomic E-state index is 0.321. The van der Waals surface area contributed by atoms with E-state index in [0.717, 1.165) is 31.1 Å². The summed E-state index contributed by atoms with van der Waals surface area (Å²) in [4.78, 5) is 2.25. The molecule has 0 atom stereocenters. The molecular formula is C14H17NO2. The zero-order valence-electron chi connectivity index (χ0n) is 9.89. The molecule has 0 N–H and O–H groups in total. The van der Waals surface area contributed by atoms with Gasteiger partial charge in [0.1, 0.15) is 0 Å². The molecule has 0 saturated carbocycles. The highest BCUT2D eigenvalue weighted by molar-refractivity contribution is 5.44. The predicted molar refractivity (Wildman–Crippen MR) is 68.2 cm³/mol. The maximum absolute atomic E-state index is 5.36. The van der Waals surface area contributed by atoms with Gasteiger partial charge in [-0.2, -0.15) is 0 Å². The quantitative estimate of drug-likeness (QED) is 0.702. The second-order valence-electron chi connectivity index (χ2n) is 3.96. The molecular weight excluding hydrogens is 214 g/mol. The van der Waals surface area contributed by atoms with Crippen molar-refractivity contribution in [2.75, 3.05) is 19.9 Å². The van der Waals surface area contributed by atoms with E-state index >= 15 is 0 Å². The largest absolute Gasteiger partial charge is 0.454 e. The van der Waals surface area contributed by atoms with Crippen LogP contribution in [0.25, 0.3) is 0 Å². The van der Waals surface area contributed by atoms with Crippen molar-refractivity contribution in [2.24, 2.45) is 0 Å². The Hall–Kier alpha value is -1.74. The van der Waals surface area contributed by atoms with Crippen LogP contribution in [0.15, 0.2) is 43.5 Å². The van der Waals surface area contributed by atoms with Gasteiger partial charge in [0.2, 0.25) is 6.79 Å². The Labute approximate surface area is 102 Å². The summed E-state index contributed by atoms with van der Waals surface area (Å²) in [5.41, 5.74) is 1.21. The van der Waals surface area contributed by atoms with Gasteiger partial charge >= 0.3 is 0 Å². The van der Waals surface area contributed by atoms with Crippen LogP contribution in [0.1, 0.15) is 5.56 Å². The van der Waals surface area contributed by atoms with Crippen molar-refractivity contribution >= 4 is 0 Å². The summed E-state index contributed by atoms with van der Waals surface area (Å²) >= 11 is 0.